The molecule has 0 aliphatic heterocycles. The van der Waals surface area contributed by atoms with E-state index in [1.54, 1.807) is 12.0 Å². The van der Waals surface area contributed by atoms with Crippen LogP contribution in [0.5, 0.6) is 5.75 Å². The fourth-order valence-corrected chi connectivity index (χ4v) is 5.65. The van der Waals surface area contributed by atoms with Crippen molar-refractivity contribution in [3.63, 3.8) is 0 Å². The number of thiophene rings is 1. The summed E-state index contributed by atoms with van der Waals surface area (Å²) >= 11 is 1.43. The third-order valence-electron chi connectivity index (χ3n) is 6.92. The standard InChI is InChI=1S/C27H28N2O4S/c1-26(2,3)29(25(31)32)15-27(12-13-27)17-7-5-16(6-8-17)21-20(33-4)10-9-19-22(21)18-11-14-34-23(18)24(30)28-19/h5-11,14H,12-13,15H2,1-4H3,(H,28,30)(H,31,32). The van der Waals surface area contributed by atoms with Crippen LogP contribution in [0.15, 0.2) is 52.6 Å². The summed E-state index contributed by atoms with van der Waals surface area (Å²) in [5.41, 5.74) is 3.18. The van der Waals surface area contributed by atoms with Crippen molar-refractivity contribution in [1.82, 2.24) is 9.88 Å². The van der Waals surface area contributed by atoms with Crippen LogP contribution in [0.2, 0.25) is 0 Å². The average Bonchev–Trinajstić information content (AvgIpc) is 3.41. The molecule has 4 aromatic rings. The molecule has 0 spiro atoms. The number of aromatic nitrogens is 1. The van der Waals surface area contributed by atoms with E-state index in [1.165, 1.54) is 11.3 Å². The molecule has 176 valence electrons. The van der Waals surface area contributed by atoms with Crippen LogP contribution in [0, 0.1) is 0 Å². The number of hydrogen-bond donors (Lipinski definition) is 2. The van der Waals surface area contributed by atoms with E-state index in [1.807, 2.05) is 44.4 Å². The third kappa shape index (κ3) is 3.64. The van der Waals surface area contributed by atoms with Gasteiger partial charge in [-0.3, -0.25) is 4.79 Å². The van der Waals surface area contributed by atoms with E-state index >= 15 is 0 Å². The number of carboxylic acid groups (broad SMARTS) is 1. The number of aromatic amines is 1. The predicted molar refractivity (Wildman–Crippen MR) is 137 cm³/mol. The fourth-order valence-electron chi connectivity index (χ4n) is 4.86. The molecule has 1 aliphatic rings. The highest BCUT2D eigenvalue weighted by molar-refractivity contribution is 7.17. The van der Waals surface area contributed by atoms with E-state index in [0.29, 0.717) is 11.2 Å². The Labute approximate surface area is 201 Å². The van der Waals surface area contributed by atoms with Gasteiger partial charge in [-0.05, 0) is 68.3 Å². The molecule has 34 heavy (non-hydrogen) atoms. The van der Waals surface area contributed by atoms with Gasteiger partial charge in [0.15, 0.2) is 0 Å². The number of nitrogens with one attached hydrogen (secondary N) is 1. The second-order valence-electron chi connectivity index (χ2n) is 10.1. The molecule has 2 heterocycles. The number of methoxy groups -OCH3 is 1. The van der Waals surface area contributed by atoms with E-state index in [-0.39, 0.29) is 11.0 Å². The highest BCUT2D eigenvalue weighted by Gasteiger charge is 2.48. The molecule has 1 saturated carbocycles. The van der Waals surface area contributed by atoms with Crippen LogP contribution in [-0.2, 0) is 5.41 Å². The van der Waals surface area contributed by atoms with Crippen molar-refractivity contribution in [2.75, 3.05) is 13.7 Å². The maximum Gasteiger partial charge on any atom is 0.407 e. The van der Waals surface area contributed by atoms with Gasteiger partial charge in [0.2, 0.25) is 0 Å². The van der Waals surface area contributed by atoms with Crippen LogP contribution >= 0.6 is 11.3 Å². The van der Waals surface area contributed by atoms with Gasteiger partial charge in [0.1, 0.15) is 10.4 Å². The minimum atomic E-state index is -0.885. The van der Waals surface area contributed by atoms with E-state index in [0.717, 1.165) is 51.6 Å². The number of fused-ring (bicyclic) bond motifs is 3. The summed E-state index contributed by atoms with van der Waals surface area (Å²) in [6.07, 6.45) is 1.06. The number of amides is 1. The van der Waals surface area contributed by atoms with Gasteiger partial charge in [-0.1, -0.05) is 24.3 Å². The van der Waals surface area contributed by atoms with Gasteiger partial charge in [-0.25, -0.2) is 4.79 Å². The molecule has 5 rings (SSSR count). The molecule has 0 unspecified atom stereocenters. The lowest BCUT2D eigenvalue weighted by atomic mass is 9.90. The van der Waals surface area contributed by atoms with Crippen molar-refractivity contribution in [3.8, 4) is 16.9 Å². The Morgan fingerprint density at radius 1 is 1.15 bits per heavy atom. The largest absolute Gasteiger partial charge is 0.496 e. The van der Waals surface area contributed by atoms with Gasteiger partial charge in [-0.2, -0.15) is 0 Å². The van der Waals surface area contributed by atoms with Gasteiger partial charge in [-0.15, -0.1) is 11.3 Å². The smallest absolute Gasteiger partial charge is 0.407 e. The second-order valence-corrected chi connectivity index (χ2v) is 11.0. The van der Waals surface area contributed by atoms with Crippen LogP contribution in [0.25, 0.3) is 32.1 Å². The van der Waals surface area contributed by atoms with Crippen molar-refractivity contribution in [2.24, 2.45) is 0 Å². The predicted octanol–water partition coefficient (Wildman–Crippen LogP) is 6.23. The van der Waals surface area contributed by atoms with E-state index in [9.17, 15) is 14.7 Å². The van der Waals surface area contributed by atoms with Crippen LogP contribution in [0.1, 0.15) is 39.2 Å². The molecule has 7 heteroatoms. The number of pyridine rings is 1. The molecule has 0 saturated heterocycles. The van der Waals surface area contributed by atoms with E-state index in [2.05, 4.69) is 29.2 Å². The summed E-state index contributed by atoms with van der Waals surface area (Å²) in [5, 5.41) is 13.6. The second kappa shape index (κ2) is 7.87. The number of rotatable bonds is 5. The number of carbonyl (C=O) groups is 1. The number of nitrogens with zero attached hydrogens (tertiary/aromatic N) is 1. The Hall–Kier alpha value is -3.32. The van der Waals surface area contributed by atoms with Crippen LogP contribution in [0.3, 0.4) is 0 Å². The first kappa shape index (κ1) is 22.5. The van der Waals surface area contributed by atoms with Crippen molar-refractivity contribution in [1.29, 1.82) is 0 Å². The number of H-pyrrole nitrogens is 1. The first-order valence-corrected chi connectivity index (χ1v) is 12.2. The molecule has 0 radical (unpaired) electrons. The maximum absolute atomic E-state index is 12.5. The first-order chi connectivity index (χ1) is 16.1. The van der Waals surface area contributed by atoms with Crippen LogP contribution in [0.4, 0.5) is 4.79 Å². The Morgan fingerprint density at radius 3 is 2.44 bits per heavy atom. The van der Waals surface area contributed by atoms with Crippen molar-refractivity contribution in [2.45, 2.75) is 44.6 Å². The highest BCUT2D eigenvalue weighted by atomic mass is 32.1. The molecule has 0 atom stereocenters. The lowest BCUT2D eigenvalue weighted by molar-refractivity contribution is 0.0934. The Bertz CT molecular complexity index is 1460. The Kier molecular flexibility index (Phi) is 5.20. The molecular formula is C27H28N2O4S. The molecule has 6 nitrogen and oxygen atoms in total. The van der Waals surface area contributed by atoms with Gasteiger partial charge in [0.25, 0.3) is 5.56 Å². The zero-order valence-corrected chi connectivity index (χ0v) is 20.6. The van der Waals surface area contributed by atoms with Crippen LogP contribution < -0.4 is 10.3 Å². The zero-order chi connectivity index (χ0) is 24.3. The molecule has 2 aromatic carbocycles. The van der Waals surface area contributed by atoms with Gasteiger partial charge < -0.3 is 19.7 Å². The normalized spacial score (nSPS) is 14.9. The summed E-state index contributed by atoms with van der Waals surface area (Å²) in [5.74, 6) is 0.741. The molecule has 1 amide bonds. The zero-order valence-electron chi connectivity index (χ0n) is 19.8. The van der Waals surface area contributed by atoms with Crippen LogP contribution in [-0.4, -0.2) is 40.3 Å². The molecule has 1 fully saturated rings. The summed E-state index contributed by atoms with van der Waals surface area (Å²) in [7, 11) is 1.65. The van der Waals surface area contributed by atoms with Gasteiger partial charge in [0, 0.05) is 39.4 Å². The van der Waals surface area contributed by atoms with Gasteiger partial charge >= 0.3 is 6.09 Å². The first-order valence-electron chi connectivity index (χ1n) is 11.4. The lowest BCUT2D eigenvalue weighted by Gasteiger charge is -2.36. The molecule has 1 aliphatic carbocycles. The van der Waals surface area contributed by atoms with Crippen molar-refractivity contribution >= 4 is 38.4 Å². The Morgan fingerprint density at radius 2 is 1.85 bits per heavy atom. The summed E-state index contributed by atoms with van der Waals surface area (Å²) in [6, 6.07) is 14.1. The summed E-state index contributed by atoms with van der Waals surface area (Å²) in [4.78, 5) is 29.0. The Balaban J connectivity index is 1.60. The minimum Gasteiger partial charge on any atom is -0.496 e. The average molecular weight is 477 g/mol. The number of hydrogen-bond acceptors (Lipinski definition) is 4. The SMILES string of the molecule is COc1ccc2[nH]c(=O)c3sccc3c2c1-c1ccc(C2(CN(C(=O)O)C(C)(C)C)CC2)cc1. The number of ether oxygens (including phenoxy) is 1. The monoisotopic (exact) mass is 476 g/mol. The van der Waals surface area contributed by atoms with E-state index in [4.69, 9.17) is 4.74 Å². The van der Waals surface area contributed by atoms with Crippen molar-refractivity contribution in [3.05, 3.63) is 63.8 Å². The topological polar surface area (TPSA) is 82.6 Å². The fraction of sp³-hybridized carbons (Fsp3) is 0.333. The van der Waals surface area contributed by atoms with Crippen molar-refractivity contribution < 1.29 is 14.6 Å². The summed E-state index contributed by atoms with van der Waals surface area (Å²) < 4.78 is 6.43. The molecular weight excluding hydrogens is 448 g/mol. The quantitative estimate of drug-likeness (QED) is 0.358. The maximum atomic E-state index is 12.5. The van der Waals surface area contributed by atoms with E-state index < -0.39 is 11.6 Å². The molecule has 2 aromatic heterocycles. The lowest BCUT2D eigenvalue weighted by Crippen LogP contribution is -2.48. The molecule has 0 bridgehead atoms. The minimum absolute atomic E-state index is 0.0820. The number of benzene rings is 2. The third-order valence-corrected chi connectivity index (χ3v) is 7.83. The van der Waals surface area contributed by atoms with Gasteiger partial charge in [0.05, 0.1) is 7.11 Å². The summed E-state index contributed by atoms with van der Waals surface area (Å²) in [6.45, 7) is 6.29. The highest BCUT2D eigenvalue weighted by Crippen LogP contribution is 2.50. The molecule has 2 N–H and O–H groups in total.